The molecule has 1 heterocycles. The molecule has 17 heavy (non-hydrogen) atoms. The van der Waals surface area contributed by atoms with Crippen molar-refractivity contribution >= 4 is 0 Å². The first-order valence-electron chi connectivity index (χ1n) is 6.54. The highest BCUT2D eigenvalue weighted by Gasteiger charge is 2.28. The van der Waals surface area contributed by atoms with E-state index in [4.69, 9.17) is 5.73 Å². The smallest absolute Gasteiger partial charge is 0.0312 e. The first kappa shape index (κ1) is 12.5. The van der Waals surface area contributed by atoms with E-state index < -0.39 is 0 Å². The van der Waals surface area contributed by atoms with Crippen molar-refractivity contribution < 1.29 is 0 Å². The number of pyridine rings is 1. The normalized spacial score (nSPS) is 18.8. The van der Waals surface area contributed by atoms with Gasteiger partial charge in [-0.05, 0) is 44.5 Å². The Kier molecular flexibility index (Phi) is 4.13. The number of nitrogens with zero attached hydrogens (tertiary/aromatic N) is 2. The van der Waals surface area contributed by atoms with Gasteiger partial charge in [-0.15, -0.1) is 0 Å². The Morgan fingerprint density at radius 3 is 2.82 bits per heavy atom. The zero-order valence-corrected chi connectivity index (χ0v) is 10.7. The van der Waals surface area contributed by atoms with Gasteiger partial charge in [0.25, 0.3) is 0 Å². The van der Waals surface area contributed by atoms with Crippen LogP contribution < -0.4 is 5.73 Å². The number of hydrogen-bond donors (Lipinski definition) is 1. The molecule has 1 aliphatic carbocycles. The van der Waals surface area contributed by atoms with Crippen molar-refractivity contribution in [3.8, 4) is 0 Å². The molecule has 0 spiro atoms. The van der Waals surface area contributed by atoms with Gasteiger partial charge >= 0.3 is 0 Å². The van der Waals surface area contributed by atoms with E-state index in [1.54, 1.807) is 0 Å². The highest BCUT2D eigenvalue weighted by atomic mass is 15.1. The molecule has 1 aliphatic rings. The maximum Gasteiger partial charge on any atom is 0.0312 e. The number of hydrogen-bond acceptors (Lipinski definition) is 3. The molecule has 3 heteroatoms. The molecule has 3 nitrogen and oxygen atoms in total. The maximum atomic E-state index is 6.36. The summed E-state index contributed by atoms with van der Waals surface area (Å²) in [5.41, 5.74) is 7.75. The van der Waals surface area contributed by atoms with Crippen molar-refractivity contribution in [2.75, 3.05) is 13.6 Å². The van der Waals surface area contributed by atoms with Crippen LogP contribution >= 0.6 is 0 Å². The Labute approximate surface area is 104 Å². The lowest BCUT2D eigenvalue weighted by Gasteiger charge is -2.26. The van der Waals surface area contributed by atoms with E-state index in [2.05, 4.69) is 23.0 Å². The average Bonchev–Trinajstić information content (AvgIpc) is 2.76. The maximum absolute atomic E-state index is 6.36. The van der Waals surface area contributed by atoms with Crippen molar-refractivity contribution in [1.82, 2.24) is 9.88 Å². The summed E-state index contributed by atoms with van der Waals surface area (Å²) >= 11 is 0. The third-order valence-corrected chi connectivity index (χ3v) is 3.77. The second-order valence-electron chi connectivity index (χ2n) is 5.42. The summed E-state index contributed by atoms with van der Waals surface area (Å²) in [5, 5.41) is 0. The molecule has 0 radical (unpaired) electrons. The predicted molar refractivity (Wildman–Crippen MR) is 70.6 cm³/mol. The highest BCUT2D eigenvalue weighted by molar-refractivity contribution is 5.07. The lowest BCUT2D eigenvalue weighted by Crippen LogP contribution is -2.39. The molecule has 0 saturated heterocycles. The van der Waals surface area contributed by atoms with E-state index in [9.17, 15) is 0 Å². The third kappa shape index (κ3) is 3.79. The first-order valence-corrected chi connectivity index (χ1v) is 6.54. The molecule has 1 fully saturated rings. The molecule has 2 rings (SSSR count). The number of rotatable bonds is 5. The van der Waals surface area contributed by atoms with Crippen molar-refractivity contribution in [3.05, 3.63) is 30.1 Å². The summed E-state index contributed by atoms with van der Waals surface area (Å²) in [6, 6.07) is 4.11. The van der Waals surface area contributed by atoms with Gasteiger partial charge in [0.15, 0.2) is 0 Å². The molecule has 0 amide bonds. The molecule has 0 aliphatic heterocycles. The highest BCUT2D eigenvalue weighted by Crippen LogP contribution is 2.30. The molecule has 1 saturated carbocycles. The van der Waals surface area contributed by atoms with Gasteiger partial charge in [0.2, 0.25) is 0 Å². The Bertz CT molecular complexity index is 331. The minimum Gasteiger partial charge on any atom is -0.325 e. The Morgan fingerprint density at radius 2 is 2.18 bits per heavy atom. The van der Waals surface area contributed by atoms with Crippen LogP contribution in [0.3, 0.4) is 0 Å². The van der Waals surface area contributed by atoms with Crippen LogP contribution in [0.25, 0.3) is 0 Å². The summed E-state index contributed by atoms with van der Waals surface area (Å²) in [5.74, 6) is 0. The summed E-state index contributed by atoms with van der Waals surface area (Å²) < 4.78 is 0. The molecular weight excluding hydrogens is 210 g/mol. The van der Waals surface area contributed by atoms with Crippen LogP contribution in [0.15, 0.2) is 24.5 Å². The molecule has 1 aromatic heterocycles. The summed E-state index contributed by atoms with van der Waals surface area (Å²) in [7, 11) is 2.16. The van der Waals surface area contributed by atoms with Gasteiger partial charge < -0.3 is 10.6 Å². The molecule has 0 unspecified atom stereocenters. The van der Waals surface area contributed by atoms with Crippen LogP contribution in [0.1, 0.15) is 37.7 Å². The monoisotopic (exact) mass is 233 g/mol. The van der Waals surface area contributed by atoms with E-state index in [1.165, 1.54) is 31.2 Å². The van der Waals surface area contributed by atoms with Gasteiger partial charge in [-0.1, -0.05) is 18.9 Å². The van der Waals surface area contributed by atoms with Crippen LogP contribution in [0.2, 0.25) is 0 Å². The minimum atomic E-state index is 0.114. The molecule has 0 bridgehead atoms. The van der Waals surface area contributed by atoms with Gasteiger partial charge in [-0.3, -0.25) is 4.98 Å². The second-order valence-corrected chi connectivity index (χ2v) is 5.42. The van der Waals surface area contributed by atoms with Crippen LogP contribution in [0.4, 0.5) is 0 Å². The Balaban J connectivity index is 1.76. The van der Waals surface area contributed by atoms with Gasteiger partial charge in [-0.25, -0.2) is 0 Å². The van der Waals surface area contributed by atoms with Crippen molar-refractivity contribution in [1.29, 1.82) is 0 Å². The van der Waals surface area contributed by atoms with E-state index >= 15 is 0 Å². The van der Waals surface area contributed by atoms with Crippen LogP contribution in [-0.4, -0.2) is 29.0 Å². The Hall–Kier alpha value is -0.930. The van der Waals surface area contributed by atoms with Gasteiger partial charge in [-0.2, -0.15) is 0 Å². The predicted octanol–water partition coefficient (Wildman–Crippen LogP) is 2.17. The van der Waals surface area contributed by atoms with E-state index in [0.29, 0.717) is 0 Å². The van der Waals surface area contributed by atoms with Crippen molar-refractivity contribution in [2.24, 2.45) is 5.73 Å². The standard InChI is InChI=1S/C14H23N3/c1-17(12-13-5-4-9-16-11-13)10-8-14(15)6-2-3-7-14/h4-5,9,11H,2-3,6-8,10,12,15H2,1H3. The molecule has 1 aromatic rings. The lowest BCUT2D eigenvalue weighted by molar-refractivity contribution is 0.273. The molecule has 2 N–H and O–H groups in total. The van der Waals surface area contributed by atoms with E-state index in [-0.39, 0.29) is 5.54 Å². The molecule has 0 atom stereocenters. The molecular formula is C14H23N3. The fourth-order valence-electron chi connectivity index (χ4n) is 2.63. The number of nitrogens with two attached hydrogens (primary N) is 1. The number of aromatic nitrogens is 1. The average molecular weight is 233 g/mol. The van der Waals surface area contributed by atoms with Gasteiger partial charge in [0.05, 0.1) is 0 Å². The van der Waals surface area contributed by atoms with Gasteiger partial charge in [0.1, 0.15) is 0 Å². The van der Waals surface area contributed by atoms with Crippen molar-refractivity contribution in [3.63, 3.8) is 0 Å². The third-order valence-electron chi connectivity index (χ3n) is 3.77. The summed E-state index contributed by atoms with van der Waals surface area (Å²) in [6.45, 7) is 2.04. The van der Waals surface area contributed by atoms with E-state index in [0.717, 1.165) is 19.5 Å². The summed E-state index contributed by atoms with van der Waals surface area (Å²) in [6.07, 6.45) is 9.89. The van der Waals surface area contributed by atoms with E-state index in [1.807, 2.05) is 18.5 Å². The summed E-state index contributed by atoms with van der Waals surface area (Å²) in [4.78, 5) is 6.47. The van der Waals surface area contributed by atoms with Crippen LogP contribution in [0, 0.1) is 0 Å². The lowest BCUT2D eigenvalue weighted by atomic mass is 9.94. The largest absolute Gasteiger partial charge is 0.325 e. The quantitative estimate of drug-likeness (QED) is 0.847. The fraction of sp³-hybridized carbons (Fsp3) is 0.643. The topological polar surface area (TPSA) is 42.1 Å². The van der Waals surface area contributed by atoms with Crippen molar-refractivity contribution in [2.45, 2.75) is 44.2 Å². The Morgan fingerprint density at radius 1 is 1.41 bits per heavy atom. The molecule has 0 aromatic carbocycles. The SMILES string of the molecule is CN(CCC1(N)CCCC1)Cc1cccnc1. The fourth-order valence-corrected chi connectivity index (χ4v) is 2.63. The van der Waals surface area contributed by atoms with Crippen LogP contribution in [0.5, 0.6) is 0 Å². The van der Waals surface area contributed by atoms with Gasteiger partial charge in [0, 0.05) is 24.5 Å². The second kappa shape index (κ2) is 5.61. The zero-order valence-electron chi connectivity index (χ0n) is 10.7. The minimum absolute atomic E-state index is 0.114. The first-order chi connectivity index (χ1) is 8.18. The molecule has 94 valence electrons. The van der Waals surface area contributed by atoms with Crippen LogP contribution in [-0.2, 0) is 6.54 Å². The zero-order chi connectivity index (χ0) is 12.1.